The number of allylic oxidation sites excluding steroid dienone is 1. The van der Waals surface area contributed by atoms with Gasteiger partial charge in [-0.15, -0.1) is 0 Å². The number of rotatable bonds is 10. The monoisotopic (exact) mass is 696 g/mol. The Morgan fingerprint density at radius 1 is 1.12 bits per heavy atom. The number of benzene rings is 3. The Morgan fingerprint density at radius 2 is 1.88 bits per heavy atom. The summed E-state index contributed by atoms with van der Waals surface area (Å²) in [6, 6.07) is 20.5. The van der Waals surface area contributed by atoms with Crippen LogP contribution in [-0.2, 0) is 6.42 Å². The molecule has 3 N–H and O–H groups in total. The highest BCUT2D eigenvalue weighted by atomic mass is 127. The molecule has 2 aliphatic rings. The molecule has 1 atom stereocenters. The number of hydrogen-bond donors (Lipinski definition) is 3. The van der Waals surface area contributed by atoms with Crippen LogP contribution in [0.25, 0.3) is 17.2 Å². The standard InChI is InChI=1S/C33H32ClFIN4P/c1-3-21-9-14-26(28(34)17-21)32(23-5-4-6-23)31(25-13-15-29(40-41-36)27(18-25)33(35)37)24-11-7-22(8-12-24)10-16-30-38-19-20(2)39-30/h7-18,23,37,40-41H,2-6,19H2,1H3,(H,38,39)/b16-10+,32-31+,37-33?. The molecule has 0 amide bonds. The van der Waals surface area contributed by atoms with E-state index in [-0.39, 0.29) is 5.56 Å². The van der Waals surface area contributed by atoms with Gasteiger partial charge in [-0.1, -0.05) is 80.1 Å². The van der Waals surface area contributed by atoms with Gasteiger partial charge >= 0.3 is 0 Å². The Balaban J connectivity index is 1.68. The van der Waals surface area contributed by atoms with Crippen LogP contribution in [0, 0.1) is 11.3 Å². The molecule has 1 heterocycles. The van der Waals surface area contributed by atoms with E-state index in [1.54, 1.807) is 6.07 Å². The molecule has 4 nitrogen and oxygen atoms in total. The third-order valence-corrected chi connectivity index (χ3v) is 9.11. The highest BCUT2D eigenvalue weighted by Gasteiger charge is 2.29. The normalized spacial score (nSPS) is 16.1. The highest BCUT2D eigenvalue weighted by Crippen LogP contribution is 2.47. The molecule has 0 aromatic heterocycles. The number of aryl methyl sites for hydroxylation is 1. The predicted molar refractivity (Wildman–Crippen MR) is 184 cm³/mol. The van der Waals surface area contributed by atoms with Crippen molar-refractivity contribution >= 4 is 74.7 Å². The summed E-state index contributed by atoms with van der Waals surface area (Å²) >= 11 is 9.18. The maximum Gasteiger partial charge on any atom is 0.214 e. The first-order valence-electron chi connectivity index (χ1n) is 13.7. The molecule has 0 spiro atoms. The molecule has 1 fully saturated rings. The van der Waals surface area contributed by atoms with Crippen LogP contribution in [0.2, 0.25) is 5.02 Å². The zero-order chi connectivity index (χ0) is 28.9. The summed E-state index contributed by atoms with van der Waals surface area (Å²) in [5, 5.41) is 15.0. The van der Waals surface area contributed by atoms with Gasteiger partial charge in [0.15, 0.2) is 0 Å². The second kappa shape index (κ2) is 13.5. The first-order valence-corrected chi connectivity index (χ1v) is 18.2. The molecule has 8 heteroatoms. The third-order valence-electron chi connectivity index (χ3n) is 7.62. The van der Waals surface area contributed by atoms with Gasteiger partial charge in [0, 0.05) is 22.8 Å². The molecule has 210 valence electrons. The fourth-order valence-electron chi connectivity index (χ4n) is 5.24. The quantitative estimate of drug-likeness (QED) is 0.0856. The van der Waals surface area contributed by atoms with E-state index in [2.05, 4.69) is 93.4 Å². The Morgan fingerprint density at radius 3 is 2.46 bits per heavy atom. The number of amidine groups is 1. The van der Waals surface area contributed by atoms with E-state index >= 15 is 0 Å². The smallest absolute Gasteiger partial charge is 0.214 e. The Labute approximate surface area is 261 Å². The Bertz CT molecular complexity index is 1570. The molecule has 1 saturated carbocycles. The lowest BCUT2D eigenvalue weighted by Gasteiger charge is -2.32. The molecule has 1 aliphatic heterocycles. The minimum Gasteiger partial charge on any atom is -0.358 e. The first kappa shape index (κ1) is 29.7. The summed E-state index contributed by atoms with van der Waals surface area (Å²) in [5.74, 6) is 0.195. The highest BCUT2D eigenvalue weighted by molar-refractivity contribution is 14.2. The van der Waals surface area contributed by atoms with E-state index in [1.165, 1.54) is 17.6 Å². The van der Waals surface area contributed by atoms with Crippen LogP contribution in [0.15, 0.2) is 84.0 Å². The van der Waals surface area contributed by atoms with Gasteiger partial charge in [0.25, 0.3) is 0 Å². The molecule has 3 aromatic rings. The van der Waals surface area contributed by atoms with Crippen molar-refractivity contribution in [1.82, 2.24) is 5.32 Å². The molecular formula is C33H32ClFIN4P. The van der Waals surface area contributed by atoms with Gasteiger partial charge in [0.1, 0.15) is 5.84 Å². The fraction of sp³-hybridized carbons (Fsp3) is 0.212. The average molecular weight is 697 g/mol. The summed E-state index contributed by atoms with van der Waals surface area (Å²) in [4.78, 5) is 4.42. The minimum atomic E-state index is -0.953. The molecule has 3 aromatic carbocycles. The second-order valence-corrected chi connectivity index (χ2v) is 12.7. The fourth-order valence-corrected chi connectivity index (χ4v) is 6.74. The van der Waals surface area contributed by atoms with Crippen LogP contribution in [0.4, 0.5) is 10.1 Å². The molecule has 1 aliphatic carbocycles. The molecule has 0 radical (unpaired) electrons. The zero-order valence-corrected chi connectivity index (χ0v) is 26.7. The number of aliphatic imine (C=N–C) groups is 1. The van der Waals surface area contributed by atoms with Crippen LogP contribution in [0.1, 0.15) is 59.6 Å². The Kier molecular flexibility index (Phi) is 9.74. The largest absolute Gasteiger partial charge is 0.358 e. The average Bonchev–Trinajstić information content (AvgIpc) is 3.36. The molecule has 5 rings (SSSR count). The van der Waals surface area contributed by atoms with Crippen molar-refractivity contribution in [3.8, 4) is 0 Å². The molecular weight excluding hydrogens is 665 g/mol. The topological polar surface area (TPSA) is 60.3 Å². The van der Waals surface area contributed by atoms with Gasteiger partial charge in [-0.05, 0) is 110 Å². The van der Waals surface area contributed by atoms with E-state index in [1.807, 2.05) is 24.3 Å². The number of nitrogens with one attached hydrogen (secondary N) is 3. The first-order chi connectivity index (χ1) is 19.9. The number of halogens is 3. The summed E-state index contributed by atoms with van der Waals surface area (Å²) in [7, 11) is 0. The van der Waals surface area contributed by atoms with Crippen LogP contribution < -0.4 is 10.4 Å². The maximum atomic E-state index is 14.5. The van der Waals surface area contributed by atoms with Crippen LogP contribution >= 0.6 is 40.0 Å². The maximum absolute atomic E-state index is 14.5. The lowest BCUT2D eigenvalue weighted by Crippen LogP contribution is -2.15. The predicted octanol–water partition coefficient (Wildman–Crippen LogP) is 9.84. The van der Waals surface area contributed by atoms with E-state index < -0.39 is 5.97 Å². The molecule has 1 unspecified atom stereocenters. The summed E-state index contributed by atoms with van der Waals surface area (Å²) in [6.45, 7) is 6.65. The molecule has 41 heavy (non-hydrogen) atoms. The van der Waals surface area contributed by atoms with Crippen molar-refractivity contribution in [2.45, 2.75) is 32.6 Å². The van der Waals surface area contributed by atoms with Crippen molar-refractivity contribution in [2.75, 3.05) is 11.6 Å². The van der Waals surface area contributed by atoms with Gasteiger partial charge in [0.2, 0.25) is 5.97 Å². The zero-order valence-electron chi connectivity index (χ0n) is 22.8. The van der Waals surface area contributed by atoms with Crippen molar-refractivity contribution < 1.29 is 4.39 Å². The lowest BCUT2D eigenvalue weighted by atomic mass is 9.73. The summed E-state index contributed by atoms with van der Waals surface area (Å²) in [5.41, 5.74) is 9.13. The molecule has 0 saturated heterocycles. The Hall–Kier alpha value is -2.80. The van der Waals surface area contributed by atoms with E-state index in [0.29, 0.717) is 24.5 Å². The van der Waals surface area contributed by atoms with Crippen LogP contribution in [0.5, 0.6) is 0 Å². The number of hydrogen-bond acceptors (Lipinski definition) is 4. The number of anilines is 1. The number of nitrogens with zero attached hydrogens (tertiary/aromatic N) is 1. The van der Waals surface area contributed by atoms with Crippen molar-refractivity contribution in [2.24, 2.45) is 10.9 Å². The lowest BCUT2D eigenvalue weighted by molar-refractivity contribution is 0.401. The van der Waals surface area contributed by atoms with Crippen LogP contribution in [-0.4, -0.2) is 18.3 Å². The second-order valence-electron chi connectivity index (χ2n) is 10.3. The third kappa shape index (κ3) is 6.82. The van der Waals surface area contributed by atoms with E-state index in [4.69, 9.17) is 17.0 Å². The summed E-state index contributed by atoms with van der Waals surface area (Å²) < 4.78 is 14.5. The van der Waals surface area contributed by atoms with Crippen molar-refractivity contribution in [3.63, 3.8) is 0 Å². The van der Waals surface area contributed by atoms with E-state index in [9.17, 15) is 4.39 Å². The van der Waals surface area contributed by atoms with Gasteiger partial charge in [-0.2, -0.15) is 4.39 Å². The van der Waals surface area contributed by atoms with Crippen molar-refractivity contribution in [1.29, 1.82) is 5.41 Å². The van der Waals surface area contributed by atoms with E-state index in [0.717, 1.165) is 63.6 Å². The minimum absolute atomic E-state index is 0.260. The summed E-state index contributed by atoms with van der Waals surface area (Å²) in [6.07, 6.45) is 8.58. The van der Waals surface area contributed by atoms with Gasteiger partial charge in [-0.3, -0.25) is 10.4 Å². The van der Waals surface area contributed by atoms with Crippen LogP contribution in [0.3, 0.4) is 0 Å². The van der Waals surface area contributed by atoms with Crippen molar-refractivity contribution in [3.05, 3.63) is 117 Å². The molecule has 0 bridgehead atoms. The van der Waals surface area contributed by atoms with Gasteiger partial charge in [0.05, 0.1) is 12.1 Å². The SMILES string of the molecule is C=C1CN=C(/C=C/c2ccc(/C(=C(\c3ccc(CC)cc3Cl)C3CCC3)c3ccc(NPI)c(C(=N)F)c3)cc2)N1. The van der Waals surface area contributed by atoms with Gasteiger partial charge in [-0.25, -0.2) is 0 Å². The van der Waals surface area contributed by atoms with Gasteiger partial charge < -0.3 is 10.4 Å².